The average molecular weight is 362 g/mol. The van der Waals surface area contributed by atoms with Crippen LogP contribution in [0.25, 0.3) is 0 Å². The zero-order valence-electron chi connectivity index (χ0n) is 15.0. The van der Waals surface area contributed by atoms with Gasteiger partial charge in [0.1, 0.15) is 0 Å². The van der Waals surface area contributed by atoms with Gasteiger partial charge in [-0.1, -0.05) is 30.3 Å². The molecule has 1 N–H and O–H groups in total. The fourth-order valence-corrected chi connectivity index (χ4v) is 2.80. The first kappa shape index (κ1) is 19.4. The normalized spacial score (nSPS) is 17.7. The van der Waals surface area contributed by atoms with Gasteiger partial charge in [0.15, 0.2) is 5.71 Å². The molecule has 26 heavy (non-hydrogen) atoms. The van der Waals surface area contributed by atoms with Gasteiger partial charge >= 0.3 is 17.9 Å². The first-order valence-electron chi connectivity index (χ1n) is 8.44. The molecule has 140 valence electrons. The molecule has 0 bridgehead atoms. The van der Waals surface area contributed by atoms with Crippen molar-refractivity contribution in [1.29, 1.82) is 0 Å². The summed E-state index contributed by atoms with van der Waals surface area (Å²) in [6.45, 7) is 5.13. The predicted molar refractivity (Wildman–Crippen MR) is 92.4 cm³/mol. The maximum absolute atomic E-state index is 12.8. The van der Waals surface area contributed by atoms with Crippen LogP contribution in [0.5, 0.6) is 0 Å². The smallest absolute Gasteiger partial charge is 0.355 e. The lowest BCUT2D eigenvalue weighted by Gasteiger charge is -2.30. The summed E-state index contributed by atoms with van der Waals surface area (Å²) >= 11 is 0. The number of nitrogens with zero attached hydrogens (tertiary/aromatic N) is 1. The Hall–Kier alpha value is -2.90. The summed E-state index contributed by atoms with van der Waals surface area (Å²) < 4.78 is 15.3. The molecule has 0 amide bonds. The van der Waals surface area contributed by atoms with Crippen molar-refractivity contribution in [2.75, 3.05) is 19.8 Å². The second kappa shape index (κ2) is 8.46. The molecule has 8 heteroatoms. The Bertz CT molecular complexity index is 683. The number of hydrazone groups is 1. The minimum Gasteiger partial charge on any atom is -0.464 e. The molecule has 1 aliphatic heterocycles. The van der Waals surface area contributed by atoms with Crippen LogP contribution in [-0.4, -0.2) is 49.0 Å². The molecule has 1 aliphatic rings. The molecule has 8 nitrogen and oxygen atoms in total. The summed E-state index contributed by atoms with van der Waals surface area (Å²) in [7, 11) is 0. The van der Waals surface area contributed by atoms with E-state index in [0.29, 0.717) is 5.56 Å². The molecule has 1 aromatic carbocycles. The lowest BCUT2D eigenvalue weighted by molar-refractivity contribution is -0.166. The van der Waals surface area contributed by atoms with Gasteiger partial charge in [-0.15, -0.1) is 0 Å². The number of benzene rings is 1. The molecule has 0 radical (unpaired) electrons. The standard InChI is InChI=1S/C18H22N2O6/c1-4-24-15(21)14-13(12-10-8-7-9-11-12)18(20-19-14,16(22)25-5-2)17(23)26-6-3/h7-11,13,20H,4-6H2,1-3H3. The second-order valence-corrected chi connectivity index (χ2v) is 5.42. The molecule has 0 spiro atoms. The molecule has 1 aromatic rings. The predicted octanol–water partition coefficient (Wildman–Crippen LogP) is 1.16. The minimum absolute atomic E-state index is 0.0535. The number of ether oxygens (including phenoxy) is 3. The van der Waals surface area contributed by atoms with Crippen LogP contribution in [0.15, 0.2) is 35.4 Å². The Balaban J connectivity index is 2.60. The van der Waals surface area contributed by atoms with Crippen molar-refractivity contribution in [2.45, 2.75) is 32.2 Å². The van der Waals surface area contributed by atoms with Gasteiger partial charge in [0.05, 0.1) is 25.7 Å². The molecule has 0 fully saturated rings. The molecular formula is C18H22N2O6. The van der Waals surface area contributed by atoms with Crippen molar-refractivity contribution in [2.24, 2.45) is 5.10 Å². The highest BCUT2D eigenvalue weighted by Gasteiger charge is 2.62. The minimum atomic E-state index is -1.99. The molecular weight excluding hydrogens is 340 g/mol. The van der Waals surface area contributed by atoms with Crippen LogP contribution in [0.2, 0.25) is 0 Å². The van der Waals surface area contributed by atoms with Gasteiger partial charge in [0.25, 0.3) is 5.54 Å². The molecule has 0 saturated heterocycles. The van der Waals surface area contributed by atoms with Crippen LogP contribution in [0.3, 0.4) is 0 Å². The summed E-state index contributed by atoms with van der Waals surface area (Å²) in [6.07, 6.45) is 0. The Morgan fingerprint density at radius 1 is 0.962 bits per heavy atom. The van der Waals surface area contributed by atoms with E-state index in [1.54, 1.807) is 51.1 Å². The van der Waals surface area contributed by atoms with E-state index in [9.17, 15) is 14.4 Å². The lowest BCUT2D eigenvalue weighted by Crippen LogP contribution is -2.60. The number of hydrogen-bond donors (Lipinski definition) is 1. The van der Waals surface area contributed by atoms with Crippen molar-refractivity contribution in [3.63, 3.8) is 0 Å². The van der Waals surface area contributed by atoms with E-state index in [4.69, 9.17) is 14.2 Å². The van der Waals surface area contributed by atoms with Crippen LogP contribution in [0.1, 0.15) is 32.3 Å². The van der Waals surface area contributed by atoms with Gasteiger partial charge in [-0.05, 0) is 26.3 Å². The molecule has 0 saturated carbocycles. The molecule has 0 aliphatic carbocycles. The summed E-state index contributed by atoms with van der Waals surface area (Å²) in [5, 5.41) is 3.96. The summed E-state index contributed by atoms with van der Waals surface area (Å²) in [5.74, 6) is -3.49. The zero-order chi connectivity index (χ0) is 19.2. The second-order valence-electron chi connectivity index (χ2n) is 5.42. The third-order valence-corrected chi connectivity index (χ3v) is 3.87. The van der Waals surface area contributed by atoms with Crippen LogP contribution in [0, 0.1) is 0 Å². The van der Waals surface area contributed by atoms with E-state index in [-0.39, 0.29) is 25.5 Å². The Labute approximate surface area is 151 Å². The average Bonchev–Trinajstić information content (AvgIpc) is 3.05. The monoisotopic (exact) mass is 362 g/mol. The Morgan fingerprint density at radius 2 is 1.50 bits per heavy atom. The van der Waals surface area contributed by atoms with Gasteiger partial charge in [-0.3, -0.25) is 5.43 Å². The number of rotatable bonds is 7. The van der Waals surface area contributed by atoms with Crippen LogP contribution < -0.4 is 5.43 Å². The summed E-state index contributed by atoms with van der Waals surface area (Å²) in [6, 6.07) is 8.64. The van der Waals surface area contributed by atoms with Crippen molar-refractivity contribution in [1.82, 2.24) is 5.43 Å². The van der Waals surface area contributed by atoms with Crippen LogP contribution in [-0.2, 0) is 28.6 Å². The van der Waals surface area contributed by atoms with Crippen LogP contribution in [0.4, 0.5) is 0 Å². The van der Waals surface area contributed by atoms with Gasteiger partial charge in [-0.2, -0.15) is 5.10 Å². The first-order valence-corrected chi connectivity index (χ1v) is 8.44. The number of carbonyl (C=O) groups excluding carboxylic acids is 3. The van der Waals surface area contributed by atoms with E-state index in [0.717, 1.165) is 0 Å². The van der Waals surface area contributed by atoms with E-state index >= 15 is 0 Å². The number of nitrogens with one attached hydrogen (secondary N) is 1. The maximum atomic E-state index is 12.8. The Kier molecular flexibility index (Phi) is 6.32. The fraction of sp³-hybridized carbons (Fsp3) is 0.444. The molecule has 1 unspecified atom stereocenters. The van der Waals surface area contributed by atoms with E-state index in [1.807, 2.05) is 0 Å². The van der Waals surface area contributed by atoms with Crippen molar-refractivity contribution in [3.05, 3.63) is 35.9 Å². The van der Waals surface area contributed by atoms with Gasteiger partial charge in [0.2, 0.25) is 0 Å². The highest BCUT2D eigenvalue weighted by atomic mass is 16.6. The highest BCUT2D eigenvalue weighted by Crippen LogP contribution is 2.37. The van der Waals surface area contributed by atoms with Crippen molar-refractivity contribution in [3.8, 4) is 0 Å². The zero-order valence-corrected chi connectivity index (χ0v) is 15.0. The van der Waals surface area contributed by atoms with E-state index in [2.05, 4.69) is 10.5 Å². The van der Waals surface area contributed by atoms with E-state index in [1.165, 1.54) is 0 Å². The number of hydrogen-bond acceptors (Lipinski definition) is 8. The number of carbonyl (C=O) groups is 3. The number of esters is 3. The molecule has 1 atom stereocenters. The van der Waals surface area contributed by atoms with Crippen molar-refractivity contribution >= 4 is 23.6 Å². The molecule has 2 rings (SSSR count). The Morgan fingerprint density at radius 3 is 2.00 bits per heavy atom. The van der Waals surface area contributed by atoms with Gasteiger partial charge in [0, 0.05) is 0 Å². The lowest BCUT2D eigenvalue weighted by atomic mass is 9.77. The summed E-state index contributed by atoms with van der Waals surface area (Å²) in [4.78, 5) is 37.9. The largest absolute Gasteiger partial charge is 0.464 e. The third kappa shape index (κ3) is 3.40. The van der Waals surface area contributed by atoms with Gasteiger partial charge in [-0.25, -0.2) is 14.4 Å². The molecule has 1 heterocycles. The third-order valence-electron chi connectivity index (χ3n) is 3.87. The summed E-state index contributed by atoms with van der Waals surface area (Å²) in [5.41, 5.74) is 0.973. The topological polar surface area (TPSA) is 103 Å². The quantitative estimate of drug-likeness (QED) is 0.441. The van der Waals surface area contributed by atoms with Crippen LogP contribution >= 0.6 is 0 Å². The first-order chi connectivity index (χ1) is 12.5. The maximum Gasteiger partial charge on any atom is 0.355 e. The fourth-order valence-electron chi connectivity index (χ4n) is 2.80. The van der Waals surface area contributed by atoms with Crippen molar-refractivity contribution < 1.29 is 28.6 Å². The van der Waals surface area contributed by atoms with Gasteiger partial charge < -0.3 is 14.2 Å². The molecule has 0 aromatic heterocycles. The highest BCUT2D eigenvalue weighted by molar-refractivity contribution is 6.41. The SMILES string of the molecule is CCOC(=O)C1=NNC(C(=O)OCC)(C(=O)OCC)C1c1ccccc1. The van der Waals surface area contributed by atoms with E-state index < -0.39 is 29.4 Å².